The molecule has 0 bridgehead atoms. The predicted molar refractivity (Wildman–Crippen MR) is 69.1 cm³/mol. The van der Waals surface area contributed by atoms with E-state index in [0.29, 0.717) is 18.6 Å². The fourth-order valence-electron chi connectivity index (χ4n) is 3.79. The molecule has 0 radical (unpaired) electrons. The molecule has 18 heavy (non-hydrogen) atoms. The molecule has 0 aromatic carbocycles. The summed E-state index contributed by atoms with van der Waals surface area (Å²) in [4.78, 5) is 11.4. The van der Waals surface area contributed by atoms with Crippen LogP contribution in [0.15, 0.2) is 0 Å². The third-order valence-electron chi connectivity index (χ3n) is 4.73. The van der Waals surface area contributed by atoms with Gasteiger partial charge in [-0.25, -0.2) is 4.79 Å². The lowest BCUT2D eigenvalue weighted by molar-refractivity contribution is -0.947. The molecule has 104 valence electrons. The van der Waals surface area contributed by atoms with E-state index in [1.54, 1.807) is 0 Å². The summed E-state index contributed by atoms with van der Waals surface area (Å²) in [6, 6.07) is 0.697. The maximum absolute atomic E-state index is 11.4. The quantitative estimate of drug-likeness (QED) is 0.566. The van der Waals surface area contributed by atoms with E-state index >= 15 is 0 Å². The number of carbonyl (C=O) groups is 1. The van der Waals surface area contributed by atoms with Crippen molar-refractivity contribution in [2.45, 2.75) is 38.1 Å². The van der Waals surface area contributed by atoms with Crippen LogP contribution in [0.4, 0.5) is 0 Å². The lowest BCUT2D eigenvalue weighted by Crippen LogP contribution is -2.61. The Morgan fingerprint density at radius 1 is 1.22 bits per heavy atom. The fraction of sp³-hybridized carbons (Fsp3) is 0.929. The van der Waals surface area contributed by atoms with E-state index in [2.05, 4.69) is 7.05 Å². The van der Waals surface area contributed by atoms with Gasteiger partial charge in [-0.05, 0) is 25.7 Å². The average Bonchev–Trinajstić information content (AvgIpc) is 2.35. The summed E-state index contributed by atoms with van der Waals surface area (Å²) in [6.07, 6.45) is 6.45. The summed E-state index contributed by atoms with van der Waals surface area (Å²) in [5.41, 5.74) is 0. The highest BCUT2D eigenvalue weighted by Crippen LogP contribution is 2.36. The monoisotopic (exact) mass is 256 g/mol. The number of hydrogen-bond acceptors (Lipinski definition) is 3. The summed E-state index contributed by atoms with van der Waals surface area (Å²) >= 11 is 0. The van der Waals surface area contributed by atoms with Crippen LogP contribution in [0.25, 0.3) is 0 Å². The van der Waals surface area contributed by atoms with Crippen LogP contribution in [0.1, 0.15) is 32.1 Å². The van der Waals surface area contributed by atoms with E-state index in [0.717, 1.165) is 0 Å². The highest BCUT2D eigenvalue weighted by Gasteiger charge is 2.43. The van der Waals surface area contributed by atoms with Gasteiger partial charge in [-0.1, -0.05) is 0 Å². The molecule has 0 spiro atoms. The van der Waals surface area contributed by atoms with Crippen molar-refractivity contribution >= 4 is 5.97 Å². The van der Waals surface area contributed by atoms with Crippen LogP contribution in [0.3, 0.4) is 0 Å². The van der Waals surface area contributed by atoms with Crippen LogP contribution in [-0.4, -0.2) is 57.0 Å². The lowest BCUT2D eigenvalue weighted by Gasteiger charge is -2.51. The minimum atomic E-state index is -0.229. The van der Waals surface area contributed by atoms with Crippen molar-refractivity contribution in [3.8, 4) is 0 Å². The van der Waals surface area contributed by atoms with Crippen molar-refractivity contribution in [3.63, 3.8) is 0 Å². The third-order valence-corrected chi connectivity index (χ3v) is 4.73. The number of carbonyl (C=O) groups excluding carboxylic acids is 1. The van der Waals surface area contributed by atoms with E-state index in [9.17, 15) is 4.79 Å². The van der Waals surface area contributed by atoms with Gasteiger partial charge in [0.15, 0.2) is 0 Å². The largest absolute Gasteiger partial charge is 0.463 e. The van der Waals surface area contributed by atoms with Crippen LogP contribution in [0.2, 0.25) is 0 Å². The van der Waals surface area contributed by atoms with E-state index in [4.69, 9.17) is 9.47 Å². The van der Waals surface area contributed by atoms with Crippen LogP contribution >= 0.6 is 0 Å². The Morgan fingerprint density at radius 2 is 2.00 bits per heavy atom. The number of piperidine rings is 2. The molecule has 4 heteroatoms. The smallest absolute Gasteiger partial charge is 0.332 e. The zero-order chi connectivity index (χ0) is 13.0. The molecule has 2 saturated heterocycles. The molecule has 0 N–H and O–H groups in total. The number of rotatable bonds is 4. The summed E-state index contributed by atoms with van der Waals surface area (Å²) < 4.78 is 11.3. The number of ether oxygens (including phenoxy) is 2. The second-order valence-corrected chi connectivity index (χ2v) is 6.01. The van der Waals surface area contributed by atoms with E-state index in [1.165, 1.54) is 56.8 Å². The van der Waals surface area contributed by atoms with Gasteiger partial charge in [-0.15, -0.1) is 0 Å². The van der Waals surface area contributed by atoms with Crippen molar-refractivity contribution in [3.05, 3.63) is 0 Å². The minimum absolute atomic E-state index is 0.0729. The van der Waals surface area contributed by atoms with Crippen molar-refractivity contribution in [1.29, 1.82) is 0 Å². The highest BCUT2D eigenvalue weighted by molar-refractivity contribution is 5.70. The molecule has 1 unspecified atom stereocenters. The van der Waals surface area contributed by atoms with Gasteiger partial charge in [0.05, 0.1) is 32.8 Å². The topological polar surface area (TPSA) is 35.5 Å². The molecule has 4 nitrogen and oxygen atoms in total. The van der Waals surface area contributed by atoms with Gasteiger partial charge in [-0.2, -0.15) is 0 Å². The number of esters is 1. The van der Waals surface area contributed by atoms with E-state index in [1.807, 2.05) is 0 Å². The van der Waals surface area contributed by atoms with Crippen LogP contribution in [0, 0.1) is 5.92 Å². The zero-order valence-corrected chi connectivity index (χ0v) is 11.7. The number of quaternary nitrogens is 1. The maximum Gasteiger partial charge on any atom is 0.332 e. The van der Waals surface area contributed by atoms with Crippen molar-refractivity contribution in [2.24, 2.45) is 5.92 Å². The first kappa shape index (κ1) is 13.8. The number of fused-ring (bicyclic) bond motifs is 1. The second kappa shape index (κ2) is 6.02. The Kier molecular flexibility index (Phi) is 4.62. The van der Waals surface area contributed by atoms with Crippen LogP contribution in [-0.2, 0) is 14.3 Å². The molecule has 3 atom stereocenters. The van der Waals surface area contributed by atoms with Gasteiger partial charge in [0.25, 0.3) is 0 Å². The molecule has 2 rings (SSSR count). The Morgan fingerprint density at radius 3 is 2.78 bits per heavy atom. The summed E-state index contributed by atoms with van der Waals surface area (Å²) in [5, 5.41) is 0. The highest BCUT2D eigenvalue weighted by atomic mass is 16.6. The first-order chi connectivity index (χ1) is 8.65. The Labute approximate surface area is 110 Å². The first-order valence-electron chi connectivity index (χ1n) is 7.14. The normalized spacial score (nSPS) is 35.9. The van der Waals surface area contributed by atoms with E-state index < -0.39 is 0 Å². The number of hydrogen-bond donors (Lipinski definition) is 0. The van der Waals surface area contributed by atoms with E-state index in [-0.39, 0.29) is 12.6 Å². The molecule has 2 aliphatic rings. The van der Waals surface area contributed by atoms with Gasteiger partial charge in [0, 0.05) is 19.4 Å². The summed E-state index contributed by atoms with van der Waals surface area (Å²) in [5.74, 6) is 0.318. The Hall–Kier alpha value is -0.610. The first-order valence-corrected chi connectivity index (χ1v) is 7.14. The maximum atomic E-state index is 11.4. The molecular formula is C14H26NO3+. The predicted octanol–water partition coefficient (Wildman–Crippen LogP) is 1.59. The third kappa shape index (κ3) is 3.04. The molecular weight excluding hydrogens is 230 g/mol. The average molecular weight is 256 g/mol. The summed E-state index contributed by atoms with van der Waals surface area (Å²) in [7, 11) is 3.91. The van der Waals surface area contributed by atoms with Gasteiger partial charge in [0.2, 0.25) is 0 Å². The van der Waals surface area contributed by atoms with Gasteiger partial charge in [0.1, 0.15) is 6.61 Å². The summed E-state index contributed by atoms with van der Waals surface area (Å²) in [6.45, 7) is 3.25. The molecule has 0 saturated carbocycles. The van der Waals surface area contributed by atoms with Crippen molar-refractivity contribution in [1.82, 2.24) is 0 Å². The molecule has 0 aliphatic carbocycles. The molecule has 2 heterocycles. The van der Waals surface area contributed by atoms with Gasteiger partial charge in [-0.3, -0.25) is 0 Å². The number of nitrogens with zero attached hydrogens (tertiary/aromatic N) is 1. The zero-order valence-electron chi connectivity index (χ0n) is 11.7. The van der Waals surface area contributed by atoms with Gasteiger partial charge >= 0.3 is 5.97 Å². The fourth-order valence-corrected chi connectivity index (χ4v) is 3.79. The van der Waals surface area contributed by atoms with Crippen molar-refractivity contribution in [2.75, 3.05) is 40.5 Å². The van der Waals surface area contributed by atoms with Gasteiger partial charge < -0.3 is 14.0 Å². The molecule has 2 aliphatic heterocycles. The molecule has 2 fully saturated rings. The molecule has 0 aromatic rings. The number of methoxy groups -OCH3 is 1. The minimum Gasteiger partial charge on any atom is -0.463 e. The Balaban J connectivity index is 1.89. The standard InChI is InChI=1S/C14H26NO3/c1-15-8-4-3-7-13(15)12(6-5-9-15)10-18-14(16)11-17-2/h12-13H,3-11H2,1-2H3/q+1/t12-,13+,15?/m0/s1. The second-order valence-electron chi connectivity index (χ2n) is 6.01. The lowest BCUT2D eigenvalue weighted by atomic mass is 9.82. The molecule has 0 aromatic heterocycles. The SMILES string of the molecule is COCC(=O)OC[C@@H]1CCC[N+]2(C)CCCC[C@H]12. The van der Waals surface area contributed by atoms with Crippen LogP contribution in [0.5, 0.6) is 0 Å². The van der Waals surface area contributed by atoms with Crippen LogP contribution < -0.4 is 0 Å². The molecule has 0 amide bonds. The van der Waals surface area contributed by atoms with Crippen molar-refractivity contribution < 1.29 is 18.8 Å². The Bertz CT molecular complexity index is 291.